The van der Waals surface area contributed by atoms with Crippen LogP contribution in [-0.4, -0.2) is 27.1 Å². The summed E-state index contributed by atoms with van der Waals surface area (Å²) < 4.78 is 1.51. The first kappa shape index (κ1) is 15.5. The predicted octanol–water partition coefficient (Wildman–Crippen LogP) is 2.89. The van der Waals surface area contributed by atoms with E-state index in [2.05, 4.69) is 20.8 Å². The number of para-hydroxylation sites is 1. The summed E-state index contributed by atoms with van der Waals surface area (Å²) in [6.07, 6.45) is 1.49. The lowest BCUT2D eigenvalue weighted by molar-refractivity contribution is -0.121. The lowest BCUT2D eigenvalue weighted by Gasteiger charge is -2.01. The Labute approximate surface area is 141 Å². The van der Waals surface area contributed by atoms with Crippen LogP contribution in [0.2, 0.25) is 10.0 Å². The third-order valence-electron chi connectivity index (χ3n) is 3.06. The molecule has 0 saturated heterocycles. The minimum Gasteiger partial charge on any atom is -0.271 e. The van der Waals surface area contributed by atoms with Crippen LogP contribution < -0.4 is 5.43 Å². The van der Waals surface area contributed by atoms with Crippen LogP contribution in [-0.2, 0) is 11.3 Å². The maximum atomic E-state index is 11.9. The van der Waals surface area contributed by atoms with E-state index >= 15 is 0 Å². The Balaban J connectivity index is 1.63. The maximum absolute atomic E-state index is 11.9. The van der Waals surface area contributed by atoms with Crippen molar-refractivity contribution in [2.75, 3.05) is 0 Å². The Morgan fingerprint density at radius 3 is 2.87 bits per heavy atom. The summed E-state index contributed by atoms with van der Waals surface area (Å²) in [6.45, 7) is 0.0270. The number of halogens is 2. The standard InChI is InChI=1S/C15H11Cl2N5O/c16-11-6-5-10(7-12(11)17)8-18-20-15(23)9-22-14-4-2-1-3-13(14)19-21-22/h1-8H,9H2,(H,20,23). The third kappa shape index (κ3) is 3.67. The summed E-state index contributed by atoms with van der Waals surface area (Å²) in [5.74, 6) is -0.308. The highest BCUT2D eigenvalue weighted by Crippen LogP contribution is 2.21. The minimum absolute atomic E-state index is 0.0270. The third-order valence-corrected chi connectivity index (χ3v) is 3.80. The first-order valence-corrected chi connectivity index (χ1v) is 7.44. The number of benzene rings is 2. The molecule has 0 atom stereocenters. The molecular weight excluding hydrogens is 337 g/mol. The first-order valence-electron chi connectivity index (χ1n) is 6.68. The molecule has 0 fully saturated rings. The molecule has 6 nitrogen and oxygen atoms in total. The van der Waals surface area contributed by atoms with Gasteiger partial charge in [0.15, 0.2) is 0 Å². The molecule has 0 unspecified atom stereocenters. The average molecular weight is 348 g/mol. The molecule has 1 amide bonds. The molecule has 1 heterocycles. The molecular formula is C15H11Cl2N5O. The molecule has 0 saturated carbocycles. The highest BCUT2D eigenvalue weighted by atomic mass is 35.5. The van der Waals surface area contributed by atoms with Gasteiger partial charge in [0.1, 0.15) is 12.1 Å². The average Bonchev–Trinajstić information content (AvgIpc) is 2.94. The second kappa shape index (κ2) is 6.76. The number of aromatic nitrogens is 3. The summed E-state index contributed by atoms with van der Waals surface area (Å²) in [6, 6.07) is 12.5. The van der Waals surface area contributed by atoms with Crippen molar-refractivity contribution in [3.63, 3.8) is 0 Å². The van der Waals surface area contributed by atoms with E-state index in [1.165, 1.54) is 10.9 Å². The Morgan fingerprint density at radius 1 is 1.22 bits per heavy atom. The number of fused-ring (bicyclic) bond motifs is 1. The van der Waals surface area contributed by atoms with Crippen LogP contribution in [0.4, 0.5) is 0 Å². The Hall–Kier alpha value is -2.44. The van der Waals surface area contributed by atoms with Crippen molar-refractivity contribution in [2.24, 2.45) is 5.10 Å². The van der Waals surface area contributed by atoms with Gasteiger partial charge in [-0.1, -0.05) is 46.6 Å². The molecule has 3 rings (SSSR count). The lowest BCUT2D eigenvalue weighted by Crippen LogP contribution is -2.23. The molecule has 0 aliphatic carbocycles. The van der Waals surface area contributed by atoms with Crippen LogP contribution in [0.25, 0.3) is 11.0 Å². The molecule has 0 spiro atoms. The summed E-state index contributed by atoms with van der Waals surface area (Å²) in [5.41, 5.74) is 4.69. The molecule has 23 heavy (non-hydrogen) atoms. The molecule has 3 aromatic rings. The number of rotatable bonds is 4. The number of carbonyl (C=O) groups excluding carboxylic acids is 1. The van der Waals surface area contributed by atoms with Gasteiger partial charge in [0.2, 0.25) is 0 Å². The van der Waals surface area contributed by atoms with Gasteiger partial charge in [-0.3, -0.25) is 4.79 Å². The van der Waals surface area contributed by atoms with Gasteiger partial charge in [0.25, 0.3) is 5.91 Å². The van der Waals surface area contributed by atoms with E-state index in [1.807, 2.05) is 24.3 Å². The fourth-order valence-electron chi connectivity index (χ4n) is 1.98. The zero-order valence-electron chi connectivity index (χ0n) is 11.8. The van der Waals surface area contributed by atoms with Crippen molar-refractivity contribution in [1.29, 1.82) is 0 Å². The molecule has 1 aromatic heterocycles. The summed E-state index contributed by atoms with van der Waals surface area (Å²) in [7, 11) is 0. The number of amides is 1. The second-order valence-electron chi connectivity index (χ2n) is 4.70. The van der Waals surface area contributed by atoms with E-state index in [0.29, 0.717) is 10.0 Å². The van der Waals surface area contributed by atoms with Gasteiger partial charge in [0.05, 0.1) is 21.8 Å². The minimum atomic E-state index is -0.308. The first-order chi connectivity index (χ1) is 11.1. The molecule has 0 radical (unpaired) electrons. The fraction of sp³-hybridized carbons (Fsp3) is 0.0667. The molecule has 0 bridgehead atoms. The van der Waals surface area contributed by atoms with E-state index in [-0.39, 0.29) is 12.5 Å². The molecule has 116 valence electrons. The van der Waals surface area contributed by atoms with Crippen molar-refractivity contribution in [3.8, 4) is 0 Å². The lowest BCUT2D eigenvalue weighted by atomic mass is 10.2. The van der Waals surface area contributed by atoms with Crippen LogP contribution >= 0.6 is 23.2 Å². The zero-order chi connectivity index (χ0) is 16.2. The SMILES string of the molecule is O=C(Cn1nnc2ccccc21)NN=Cc1ccc(Cl)c(Cl)c1. The van der Waals surface area contributed by atoms with Gasteiger partial charge in [0, 0.05) is 0 Å². The molecule has 0 aliphatic heterocycles. The van der Waals surface area contributed by atoms with Crippen LogP contribution in [0.3, 0.4) is 0 Å². The number of carbonyl (C=O) groups is 1. The topological polar surface area (TPSA) is 72.2 Å². The van der Waals surface area contributed by atoms with Crippen LogP contribution in [0, 0.1) is 0 Å². The van der Waals surface area contributed by atoms with Gasteiger partial charge >= 0.3 is 0 Å². The molecule has 8 heteroatoms. The van der Waals surface area contributed by atoms with E-state index in [0.717, 1.165) is 16.6 Å². The van der Waals surface area contributed by atoms with Gasteiger partial charge in [-0.25, -0.2) is 10.1 Å². The number of nitrogens with zero attached hydrogens (tertiary/aromatic N) is 4. The predicted molar refractivity (Wildman–Crippen MR) is 89.7 cm³/mol. The zero-order valence-corrected chi connectivity index (χ0v) is 13.3. The van der Waals surface area contributed by atoms with Crippen LogP contribution in [0.5, 0.6) is 0 Å². The second-order valence-corrected chi connectivity index (χ2v) is 5.52. The van der Waals surface area contributed by atoms with Crippen molar-refractivity contribution in [1.82, 2.24) is 20.4 Å². The highest BCUT2D eigenvalue weighted by Gasteiger charge is 2.07. The molecule has 0 aliphatic rings. The van der Waals surface area contributed by atoms with Crippen molar-refractivity contribution in [2.45, 2.75) is 6.54 Å². The van der Waals surface area contributed by atoms with Crippen molar-refractivity contribution >= 4 is 46.4 Å². The van der Waals surface area contributed by atoms with Crippen LogP contribution in [0.15, 0.2) is 47.6 Å². The highest BCUT2D eigenvalue weighted by molar-refractivity contribution is 6.42. The number of nitrogens with one attached hydrogen (secondary N) is 1. The quantitative estimate of drug-likeness (QED) is 0.582. The van der Waals surface area contributed by atoms with Gasteiger partial charge < -0.3 is 0 Å². The fourth-order valence-corrected chi connectivity index (χ4v) is 2.28. The monoisotopic (exact) mass is 347 g/mol. The van der Waals surface area contributed by atoms with Crippen LogP contribution in [0.1, 0.15) is 5.56 Å². The molecule has 2 aromatic carbocycles. The Bertz CT molecular complexity index is 890. The van der Waals surface area contributed by atoms with Gasteiger partial charge in [-0.15, -0.1) is 5.10 Å². The smallest absolute Gasteiger partial charge is 0.261 e. The summed E-state index contributed by atoms with van der Waals surface area (Å²) >= 11 is 11.7. The molecule has 1 N–H and O–H groups in total. The van der Waals surface area contributed by atoms with E-state index in [4.69, 9.17) is 23.2 Å². The summed E-state index contributed by atoms with van der Waals surface area (Å²) in [4.78, 5) is 11.9. The van der Waals surface area contributed by atoms with Crippen molar-refractivity contribution < 1.29 is 4.79 Å². The van der Waals surface area contributed by atoms with Gasteiger partial charge in [-0.2, -0.15) is 5.10 Å². The van der Waals surface area contributed by atoms with E-state index in [1.54, 1.807) is 18.2 Å². The normalized spacial score (nSPS) is 11.2. The Kier molecular flexibility index (Phi) is 4.55. The maximum Gasteiger partial charge on any atom is 0.261 e. The Morgan fingerprint density at radius 2 is 2.04 bits per heavy atom. The summed E-state index contributed by atoms with van der Waals surface area (Å²) in [5, 5.41) is 12.7. The van der Waals surface area contributed by atoms with E-state index in [9.17, 15) is 4.79 Å². The van der Waals surface area contributed by atoms with Gasteiger partial charge in [-0.05, 0) is 29.8 Å². The van der Waals surface area contributed by atoms with Crippen molar-refractivity contribution in [3.05, 3.63) is 58.1 Å². The van der Waals surface area contributed by atoms with E-state index < -0.39 is 0 Å². The number of hydrogen-bond donors (Lipinski definition) is 1. The number of hydrazone groups is 1. The largest absolute Gasteiger partial charge is 0.271 e. The number of hydrogen-bond acceptors (Lipinski definition) is 4.